The number of benzene rings is 1. The Labute approximate surface area is 89.0 Å². The molecule has 1 aromatic rings. The van der Waals surface area contributed by atoms with E-state index in [0.29, 0.717) is 6.42 Å². The lowest BCUT2D eigenvalue weighted by atomic mass is 9.95. The highest BCUT2D eigenvalue weighted by molar-refractivity contribution is 5.56. The number of rotatable bonds is 3. The summed E-state index contributed by atoms with van der Waals surface area (Å²) in [4.78, 5) is 10.5. The van der Waals surface area contributed by atoms with Crippen molar-refractivity contribution in [3.05, 3.63) is 23.3 Å². The molecule has 0 saturated heterocycles. The van der Waals surface area contributed by atoms with Gasteiger partial charge in [0.15, 0.2) is 11.5 Å². The average Bonchev–Trinajstić information content (AvgIpc) is 2.64. The van der Waals surface area contributed by atoms with E-state index in [1.807, 2.05) is 19.9 Å². The molecular formula is C12H14O3. The molecule has 0 bridgehead atoms. The standard InChI is InChI=1S/C12H14O3/c1-8-5-10(9(2)3-4-13)12-11(6-8)14-7-15-12/h4-6,9H,3,7H2,1-2H3. The predicted octanol–water partition coefficient (Wildman–Crippen LogP) is 2.42. The first-order valence-electron chi connectivity index (χ1n) is 5.06. The summed E-state index contributed by atoms with van der Waals surface area (Å²) in [6, 6.07) is 4.02. The number of aldehydes is 1. The summed E-state index contributed by atoms with van der Waals surface area (Å²) in [5.41, 5.74) is 2.20. The van der Waals surface area contributed by atoms with Gasteiger partial charge in [0.25, 0.3) is 0 Å². The molecule has 1 aliphatic rings. The molecule has 0 radical (unpaired) electrons. The van der Waals surface area contributed by atoms with Crippen molar-refractivity contribution in [2.75, 3.05) is 6.79 Å². The van der Waals surface area contributed by atoms with Gasteiger partial charge in [0.1, 0.15) is 6.29 Å². The van der Waals surface area contributed by atoms with E-state index in [4.69, 9.17) is 9.47 Å². The summed E-state index contributed by atoms with van der Waals surface area (Å²) in [6.45, 7) is 4.31. The van der Waals surface area contributed by atoms with Gasteiger partial charge in [0.2, 0.25) is 6.79 Å². The first-order valence-corrected chi connectivity index (χ1v) is 5.06. The minimum absolute atomic E-state index is 0.179. The molecule has 0 saturated carbocycles. The van der Waals surface area contributed by atoms with Gasteiger partial charge in [-0.1, -0.05) is 13.0 Å². The smallest absolute Gasteiger partial charge is 0.231 e. The third-order valence-electron chi connectivity index (χ3n) is 2.63. The van der Waals surface area contributed by atoms with Crippen LogP contribution >= 0.6 is 0 Å². The number of hydrogen-bond donors (Lipinski definition) is 0. The van der Waals surface area contributed by atoms with Crippen LogP contribution in [0.4, 0.5) is 0 Å². The fourth-order valence-electron chi connectivity index (χ4n) is 1.82. The van der Waals surface area contributed by atoms with Crippen molar-refractivity contribution in [1.82, 2.24) is 0 Å². The maximum absolute atomic E-state index is 10.5. The van der Waals surface area contributed by atoms with Gasteiger partial charge in [0, 0.05) is 12.0 Å². The summed E-state index contributed by atoms with van der Waals surface area (Å²) < 4.78 is 10.8. The highest BCUT2D eigenvalue weighted by Gasteiger charge is 2.21. The van der Waals surface area contributed by atoms with Crippen LogP contribution in [0.15, 0.2) is 12.1 Å². The van der Waals surface area contributed by atoms with Gasteiger partial charge in [-0.2, -0.15) is 0 Å². The number of hydrogen-bond acceptors (Lipinski definition) is 3. The third-order valence-corrected chi connectivity index (χ3v) is 2.63. The molecule has 0 amide bonds. The predicted molar refractivity (Wildman–Crippen MR) is 56.4 cm³/mol. The lowest BCUT2D eigenvalue weighted by Crippen LogP contribution is -1.98. The van der Waals surface area contributed by atoms with Crippen molar-refractivity contribution in [1.29, 1.82) is 0 Å². The molecule has 0 spiro atoms. The van der Waals surface area contributed by atoms with Crippen LogP contribution < -0.4 is 9.47 Å². The summed E-state index contributed by atoms with van der Waals surface area (Å²) >= 11 is 0. The zero-order chi connectivity index (χ0) is 10.8. The quantitative estimate of drug-likeness (QED) is 0.712. The monoisotopic (exact) mass is 206 g/mol. The molecule has 1 aromatic carbocycles. The highest BCUT2D eigenvalue weighted by Crippen LogP contribution is 2.40. The molecule has 1 heterocycles. The van der Waals surface area contributed by atoms with Gasteiger partial charge in [0.05, 0.1) is 0 Å². The van der Waals surface area contributed by atoms with Crippen LogP contribution in [0.2, 0.25) is 0 Å². The molecule has 0 aliphatic carbocycles. The molecule has 1 atom stereocenters. The van der Waals surface area contributed by atoms with E-state index in [2.05, 4.69) is 6.07 Å². The van der Waals surface area contributed by atoms with Crippen molar-refractivity contribution >= 4 is 6.29 Å². The van der Waals surface area contributed by atoms with E-state index in [1.165, 1.54) is 0 Å². The van der Waals surface area contributed by atoms with Crippen LogP contribution in [0.3, 0.4) is 0 Å². The topological polar surface area (TPSA) is 35.5 Å². The van der Waals surface area contributed by atoms with Gasteiger partial charge in [-0.05, 0) is 24.5 Å². The molecule has 80 valence electrons. The summed E-state index contributed by atoms with van der Waals surface area (Å²) in [7, 11) is 0. The van der Waals surface area contributed by atoms with E-state index in [0.717, 1.165) is 28.9 Å². The van der Waals surface area contributed by atoms with Gasteiger partial charge in [-0.3, -0.25) is 0 Å². The van der Waals surface area contributed by atoms with Crippen LogP contribution in [0.25, 0.3) is 0 Å². The maximum Gasteiger partial charge on any atom is 0.231 e. The molecule has 2 rings (SSSR count). The lowest BCUT2D eigenvalue weighted by Gasteiger charge is -2.12. The Balaban J connectivity index is 2.41. The maximum atomic E-state index is 10.5. The largest absolute Gasteiger partial charge is 0.454 e. The molecular weight excluding hydrogens is 192 g/mol. The molecule has 1 aliphatic heterocycles. The Bertz CT molecular complexity index is 385. The minimum atomic E-state index is 0.179. The number of fused-ring (bicyclic) bond motifs is 1. The Morgan fingerprint density at radius 2 is 2.27 bits per heavy atom. The molecule has 15 heavy (non-hydrogen) atoms. The van der Waals surface area contributed by atoms with Crippen molar-refractivity contribution in [3.8, 4) is 11.5 Å². The number of ether oxygens (including phenoxy) is 2. The zero-order valence-corrected chi connectivity index (χ0v) is 8.95. The molecule has 0 N–H and O–H groups in total. The summed E-state index contributed by atoms with van der Waals surface area (Å²) in [6.07, 6.45) is 1.45. The lowest BCUT2D eigenvalue weighted by molar-refractivity contribution is -0.108. The van der Waals surface area contributed by atoms with Crippen LogP contribution in [0.5, 0.6) is 11.5 Å². The van der Waals surface area contributed by atoms with Crippen molar-refractivity contribution < 1.29 is 14.3 Å². The fourth-order valence-corrected chi connectivity index (χ4v) is 1.82. The zero-order valence-electron chi connectivity index (χ0n) is 8.95. The average molecular weight is 206 g/mol. The second-order valence-corrected chi connectivity index (χ2v) is 3.89. The second kappa shape index (κ2) is 3.93. The Hall–Kier alpha value is -1.51. The van der Waals surface area contributed by atoms with Gasteiger partial charge in [-0.25, -0.2) is 0 Å². The summed E-state index contributed by atoms with van der Waals surface area (Å²) in [5.74, 6) is 1.77. The van der Waals surface area contributed by atoms with Gasteiger partial charge >= 0.3 is 0 Å². The Morgan fingerprint density at radius 3 is 3.00 bits per heavy atom. The SMILES string of the molecule is Cc1cc2c(c(C(C)CC=O)c1)OCO2. The van der Waals surface area contributed by atoms with Gasteiger partial charge < -0.3 is 14.3 Å². The normalized spacial score (nSPS) is 15.1. The van der Waals surface area contributed by atoms with Crippen molar-refractivity contribution in [3.63, 3.8) is 0 Å². The van der Waals surface area contributed by atoms with Crippen LogP contribution in [-0.4, -0.2) is 13.1 Å². The van der Waals surface area contributed by atoms with E-state index in [-0.39, 0.29) is 12.7 Å². The van der Waals surface area contributed by atoms with Gasteiger partial charge in [-0.15, -0.1) is 0 Å². The molecule has 3 heteroatoms. The number of aryl methyl sites for hydroxylation is 1. The number of carbonyl (C=O) groups is 1. The Morgan fingerprint density at radius 1 is 1.47 bits per heavy atom. The third kappa shape index (κ3) is 1.82. The second-order valence-electron chi connectivity index (χ2n) is 3.89. The highest BCUT2D eigenvalue weighted by atomic mass is 16.7. The number of carbonyl (C=O) groups excluding carboxylic acids is 1. The van der Waals surface area contributed by atoms with E-state index in [1.54, 1.807) is 0 Å². The van der Waals surface area contributed by atoms with E-state index in [9.17, 15) is 4.79 Å². The molecule has 3 nitrogen and oxygen atoms in total. The van der Waals surface area contributed by atoms with Crippen LogP contribution in [0.1, 0.15) is 30.4 Å². The fraction of sp³-hybridized carbons (Fsp3) is 0.417. The minimum Gasteiger partial charge on any atom is -0.454 e. The molecule has 1 unspecified atom stereocenters. The van der Waals surface area contributed by atoms with Crippen molar-refractivity contribution in [2.24, 2.45) is 0 Å². The Kier molecular flexibility index (Phi) is 2.62. The van der Waals surface area contributed by atoms with Crippen molar-refractivity contribution in [2.45, 2.75) is 26.2 Å². The molecule has 0 aromatic heterocycles. The van der Waals surface area contributed by atoms with Crippen LogP contribution in [-0.2, 0) is 4.79 Å². The molecule has 0 fully saturated rings. The first-order chi connectivity index (χ1) is 7.22. The first kappa shape index (κ1) is 10.0. The van der Waals surface area contributed by atoms with E-state index < -0.39 is 0 Å². The van der Waals surface area contributed by atoms with Crippen LogP contribution in [0, 0.1) is 6.92 Å². The van der Waals surface area contributed by atoms with E-state index >= 15 is 0 Å². The summed E-state index contributed by atoms with van der Waals surface area (Å²) in [5, 5.41) is 0.